The summed E-state index contributed by atoms with van der Waals surface area (Å²) in [5.74, 6) is 1.52. The van der Waals surface area contributed by atoms with Crippen molar-refractivity contribution in [3.8, 4) is 22.5 Å². The van der Waals surface area contributed by atoms with E-state index in [4.69, 9.17) is 9.97 Å². The van der Waals surface area contributed by atoms with Crippen molar-refractivity contribution in [3.05, 3.63) is 145 Å². The summed E-state index contributed by atoms with van der Waals surface area (Å²) in [4.78, 5) is 39.2. The standard InChI is InChI=1S/C25H27N5O.C24H25N5O/c31-25(15-19-5-2-1-3-6-19)29-12-4-7-20(10-13-29)18-30-14-11-23-24(30)9-8-22(28-23)21-16-26-27-17-21;30-24(19-6-2-1-3-7-19)28-12-4-5-18(10-13-28)17-29-14-11-22-23(29)9-8-21(27-22)20-15-25-26-16-20/h1-3,5-6,8-9,11,14,16-17,20H,4,7,10,12-13,15,18H2,(H,26,27);1-3,6-9,11,14-16,18H,4-5,10,12-13,17H2,(H,25,26). The fourth-order valence-electron chi connectivity index (χ4n) is 8.92. The Labute approximate surface area is 355 Å². The van der Waals surface area contributed by atoms with E-state index in [1.54, 1.807) is 12.4 Å². The Kier molecular flexibility index (Phi) is 12.1. The van der Waals surface area contributed by atoms with Crippen LogP contribution in [0.1, 0.15) is 54.4 Å². The van der Waals surface area contributed by atoms with Gasteiger partial charge < -0.3 is 18.9 Å². The van der Waals surface area contributed by atoms with Crippen molar-refractivity contribution in [2.75, 3.05) is 26.2 Å². The molecule has 2 N–H and O–H groups in total. The van der Waals surface area contributed by atoms with Gasteiger partial charge in [-0.3, -0.25) is 19.8 Å². The SMILES string of the molecule is O=C(Cc1ccccc1)N1CCCC(Cn2ccc3nc(-c4cn[nH]c4)ccc32)CC1.O=C(c1ccccc1)N1CCCC(Cn2ccc3nc(-c4cn[nH]c4)ccc32)CC1. The number of hydrogen-bond donors (Lipinski definition) is 2. The summed E-state index contributed by atoms with van der Waals surface area (Å²) in [5, 5.41) is 13.7. The lowest BCUT2D eigenvalue weighted by Crippen LogP contribution is -2.33. The molecule has 10 rings (SSSR count). The van der Waals surface area contributed by atoms with Crippen LogP contribution in [0.3, 0.4) is 0 Å². The van der Waals surface area contributed by atoms with E-state index in [0.717, 1.165) is 134 Å². The first-order valence-electron chi connectivity index (χ1n) is 21.6. The smallest absolute Gasteiger partial charge is 0.253 e. The molecule has 8 aromatic rings. The zero-order valence-corrected chi connectivity index (χ0v) is 34.4. The lowest BCUT2D eigenvalue weighted by atomic mass is 10.0. The highest BCUT2D eigenvalue weighted by atomic mass is 16.2. The first kappa shape index (κ1) is 39.6. The van der Waals surface area contributed by atoms with Crippen LogP contribution < -0.4 is 0 Å². The van der Waals surface area contributed by atoms with Gasteiger partial charge in [0.1, 0.15) is 0 Å². The Balaban J connectivity index is 0.000000156. The Morgan fingerprint density at radius 3 is 1.64 bits per heavy atom. The Morgan fingerprint density at radius 2 is 1.10 bits per heavy atom. The molecule has 2 saturated heterocycles. The second-order valence-electron chi connectivity index (χ2n) is 16.4. The molecule has 2 aromatic carbocycles. The van der Waals surface area contributed by atoms with E-state index < -0.39 is 0 Å². The average Bonchev–Trinajstić information content (AvgIpc) is 4.12. The molecule has 0 spiro atoms. The first-order valence-corrected chi connectivity index (χ1v) is 21.6. The van der Waals surface area contributed by atoms with Gasteiger partial charge in [-0.05, 0) is 104 Å². The van der Waals surface area contributed by atoms with Crippen LogP contribution in [-0.4, -0.2) is 87.3 Å². The quantitative estimate of drug-likeness (QED) is 0.150. The van der Waals surface area contributed by atoms with Crippen LogP contribution in [0.25, 0.3) is 44.6 Å². The zero-order chi connectivity index (χ0) is 41.4. The van der Waals surface area contributed by atoms with Crippen molar-refractivity contribution in [1.82, 2.24) is 49.3 Å². The third-order valence-corrected chi connectivity index (χ3v) is 12.3. The number of rotatable bonds is 9. The van der Waals surface area contributed by atoms with Gasteiger partial charge in [0.25, 0.3) is 5.91 Å². The molecule has 2 fully saturated rings. The van der Waals surface area contributed by atoms with E-state index in [1.165, 1.54) is 0 Å². The van der Waals surface area contributed by atoms with Gasteiger partial charge in [-0.15, -0.1) is 0 Å². The molecule has 2 atom stereocenters. The van der Waals surface area contributed by atoms with Crippen LogP contribution in [-0.2, 0) is 24.3 Å². The summed E-state index contributed by atoms with van der Waals surface area (Å²) in [6.07, 6.45) is 18.5. The van der Waals surface area contributed by atoms with Crippen molar-refractivity contribution >= 4 is 33.9 Å². The summed E-state index contributed by atoms with van der Waals surface area (Å²) in [5.41, 5.74) is 10.1. The molecule has 8 heterocycles. The normalized spacial score (nSPS) is 17.1. The third-order valence-electron chi connectivity index (χ3n) is 12.3. The van der Waals surface area contributed by atoms with Gasteiger partial charge in [0.05, 0.1) is 52.3 Å². The first-order chi connectivity index (χ1) is 30.0. The average molecular weight is 813 g/mol. The molecule has 6 aromatic heterocycles. The Bertz CT molecular complexity index is 2650. The number of hydrogen-bond acceptors (Lipinski definition) is 6. The lowest BCUT2D eigenvalue weighted by Gasteiger charge is -2.21. The number of carbonyl (C=O) groups is 2. The van der Waals surface area contributed by atoms with Gasteiger partial charge in [-0.25, -0.2) is 9.97 Å². The van der Waals surface area contributed by atoms with E-state index in [2.05, 4.69) is 83.2 Å². The van der Waals surface area contributed by atoms with Gasteiger partial charge in [-0.1, -0.05) is 48.5 Å². The predicted molar refractivity (Wildman–Crippen MR) is 238 cm³/mol. The molecule has 12 nitrogen and oxygen atoms in total. The monoisotopic (exact) mass is 812 g/mol. The van der Waals surface area contributed by atoms with E-state index in [1.807, 2.05) is 78.0 Å². The van der Waals surface area contributed by atoms with Crippen molar-refractivity contribution < 1.29 is 9.59 Å². The molecule has 0 bridgehead atoms. The second kappa shape index (κ2) is 18.6. The number of H-pyrrole nitrogens is 2. The van der Waals surface area contributed by atoms with E-state index in [0.29, 0.717) is 18.3 Å². The lowest BCUT2D eigenvalue weighted by molar-refractivity contribution is -0.130. The number of amides is 2. The molecule has 310 valence electrons. The minimum absolute atomic E-state index is 0.152. The summed E-state index contributed by atoms with van der Waals surface area (Å²) >= 11 is 0. The molecule has 0 saturated carbocycles. The highest BCUT2D eigenvalue weighted by Gasteiger charge is 2.24. The van der Waals surface area contributed by atoms with Crippen LogP contribution in [0.4, 0.5) is 0 Å². The number of fused-ring (bicyclic) bond motifs is 2. The van der Waals surface area contributed by atoms with Crippen molar-refractivity contribution in [3.63, 3.8) is 0 Å². The van der Waals surface area contributed by atoms with Crippen molar-refractivity contribution in [2.24, 2.45) is 11.8 Å². The fourth-order valence-corrected chi connectivity index (χ4v) is 8.92. The fraction of sp³-hybridized carbons (Fsp3) is 0.306. The van der Waals surface area contributed by atoms with Gasteiger partial charge in [-0.2, -0.15) is 10.2 Å². The number of likely N-dealkylation sites (tertiary alicyclic amines) is 2. The summed E-state index contributed by atoms with van der Waals surface area (Å²) < 4.78 is 4.62. The number of aromatic nitrogens is 8. The van der Waals surface area contributed by atoms with Crippen molar-refractivity contribution in [2.45, 2.75) is 58.0 Å². The van der Waals surface area contributed by atoms with Crippen LogP contribution in [0.5, 0.6) is 0 Å². The summed E-state index contributed by atoms with van der Waals surface area (Å²) in [6, 6.07) is 32.2. The number of carbonyl (C=O) groups excluding carboxylic acids is 2. The highest BCUT2D eigenvalue weighted by Crippen LogP contribution is 2.27. The van der Waals surface area contributed by atoms with E-state index in [-0.39, 0.29) is 11.8 Å². The molecule has 0 radical (unpaired) electrons. The maximum Gasteiger partial charge on any atom is 0.253 e. The molecule has 2 unspecified atom stereocenters. The minimum Gasteiger partial charge on any atom is -0.346 e. The van der Waals surface area contributed by atoms with Gasteiger partial charge in [0.2, 0.25) is 5.91 Å². The number of aromatic amines is 2. The van der Waals surface area contributed by atoms with Crippen LogP contribution >= 0.6 is 0 Å². The number of nitrogens with one attached hydrogen (secondary N) is 2. The minimum atomic E-state index is 0.152. The maximum atomic E-state index is 12.8. The summed E-state index contributed by atoms with van der Waals surface area (Å²) in [6.45, 7) is 5.30. The third kappa shape index (κ3) is 9.49. The van der Waals surface area contributed by atoms with E-state index in [9.17, 15) is 9.59 Å². The molecule has 2 aliphatic rings. The maximum absolute atomic E-state index is 12.8. The van der Waals surface area contributed by atoms with Gasteiger partial charge in [0.15, 0.2) is 0 Å². The topological polar surface area (TPSA) is 134 Å². The van der Waals surface area contributed by atoms with E-state index >= 15 is 0 Å². The number of benzene rings is 2. The molecule has 2 amide bonds. The van der Waals surface area contributed by atoms with Crippen LogP contribution in [0.15, 0.2) is 134 Å². The molecular weight excluding hydrogens is 761 g/mol. The molecule has 61 heavy (non-hydrogen) atoms. The van der Waals surface area contributed by atoms with Crippen LogP contribution in [0.2, 0.25) is 0 Å². The summed E-state index contributed by atoms with van der Waals surface area (Å²) in [7, 11) is 0. The van der Waals surface area contributed by atoms with Crippen molar-refractivity contribution in [1.29, 1.82) is 0 Å². The molecule has 12 heteroatoms. The Morgan fingerprint density at radius 1 is 0.574 bits per heavy atom. The highest BCUT2D eigenvalue weighted by molar-refractivity contribution is 5.94. The molecule has 0 aliphatic carbocycles. The number of nitrogens with zero attached hydrogens (tertiary/aromatic N) is 8. The van der Waals surface area contributed by atoms with Crippen LogP contribution in [0, 0.1) is 11.8 Å². The molecule has 2 aliphatic heterocycles. The predicted octanol–water partition coefficient (Wildman–Crippen LogP) is 8.67. The van der Waals surface area contributed by atoms with Gasteiger partial charge in [0, 0.05) is 80.7 Å². The zero-order valence-electron chi connectivity index (χ0n) is 34.4. The van der Waals surface area contributed by atoms with Gasteiger partial charge >= 0.3 is 0 Å². The Hall–Kier alpha value is -6.82. The largest absolute Gasteiger partial charge is 0.346 e. The number of pyridine rings is 2. The second-order valence-corrected chi connectivity index (χ2v) is 16.4. The molecular formula is C49H52N10O2.